The third kappa shape index (κ3) is 11.7. The number of aromatic nitrogens is 1. The molecule has 0 bridgehead atoms. The monoisotopic (exact) mass is 679 g/mol. The first-order valence-corrected chi connectivity index (χ1v) is 17.3. The van der Waals surface area contributed by atoms with Crippen molar-refractivity contribution >= 4 is 32.1 Å². The zero-order valence-electron chi connectivity index (χ0n) is 26.7. The summed E-state index contributed by atoms with van der Waals surface area (Å²) in [4.78, 5) is 2.42. The Labute approximate surface area is 274 Å². The van der Waals surface area contributed by atoms with Crippen molar-refractivity contribution in [1.82, 2.24) is 9.47 Å². The second kappa shape index (κ2) is 17.7. The van der Waals surface area contributed by atoms with Crippen LogP contribution in [0.2, 0.25) is 0 Å². The lowest BCUT2D eigenvalue weighted by atomic mass is 10.0. The first-order valence-electron chi connectivity index (χ1n) is 15.7. The van der Waals surface area contributed by atoms with Gasteiger partial charge in [0.25, 0.3) is 0 Å². The molecule has 2 aromatic carbocycles. The molecule has 3 aromatic rings. The van der Waals surface area contributed by atoms with Crippen LogP contribution in [0.25, 0.3) is 10.9 Å². The van der Waals surface area contributed by atoms with Gasteiger partial charge >= 0.3 is 6.18 Å². The number of halogens is 3. The summed E-state index contributed by atoms with van der Waals surface area (Å²) in [5.74, 6) is 5.65. The Morgan fingerprint density at radius 3 is 2.28 bits per heavy atom. The molecule has 0 radical (unpaired) electrons. The summed E-state index contributed by atoms with van der Waals surface area (Å²) in [6.45, 7) is 3.33. The molecular weight excluding hydrogens is 635 g/mol. The molecule has 0 aliphatic carbocycles. The average molecular weight is 680 g/mol. The maximum Gasteiger partial charge on any atom is 0.406 e. The Bertz CT molecular complexity index is 1580. The molecule has 47 heavy (non-hydrogen) atoms. The lowest BCUT2D eigenvalue weighted by Gasteiger charge is -2.30. The number of piperidine rings is 1. The highest BCUT2D eigenvalue weighted by Gasteiger charge is 2.30. The van der Waals surface area contributed by atoms with Crippen LogP contribution >= 0.6 is 0 Å². The Morgan fingerprint density at radius 1 is 0.957 bits per heavy atom. The molecule has 4 rings (SSSR count). The summed E-state index contributed by atoms with van der Waals surface area (Å²) in [5.41, 5.74) is 7.50. The van der Waals surface area contributed by atoms with Crippen LogP contribution in [0, 0.1) is 11.8 Å². The van der Waals surface area contributed by atoms with Crippen molar-refractivity contribution in [1.29, 1.82) is 0 Å². The van der Waals surface area contributed by atoms with Crippen LogP contribution in [0.3, 0.4) is 0 Å². The van der Waals surface area contributed by atoms with E-state index in [0.717, 1.165) is 31.6 Å². The van der Waals surface area contributed by atoms with Crippen molar-refractivity contribution in [2.24, 2.45) is 5.73 Å². The molecule has 14 heteroatoms. The minimum Gasteiger partial charge on any atom is -0.382 e. The molecule has 1 saturated heterocycles. The van der Waals surface area contributed by atoms with Crippen molar-refractivity contribution < 1.29 is 35.8 Å². The second-order valence-electron chi connectivity index (χ2n) is 11.3. The zero-order chi connectivity index (χ0) is 33.7. The van der Waals surface area contributed by atoms with Crippen molar-refractivity contribution in [3.63, 3.8) is 0 Å². The number of benzene rings is 2. The SMILES string of the molecule is CN1CCC(Nc2cccc3c2cc(C#CCNc2ccc(S(=O)(=O)CCOCCOCCOCCN)cc2)n3CC(F)(F)F)CC1. The van der Waals surface area contributed by atoms with Crippen LogP contribution in [-0.2, 0) is 30.6 Å². The lowest BCUT2D eigenvalue weighted by Crippen LogP contribution is -2.36. The Morgan fingerprint density at radius 2 is 1.62 bits per heavy atom. The molecule has 1 aliphatic rings. The van der Waals surface area contributed by atoms with Crippen molar-refractivity contribution in [3.05, 3.63) is 54.2 Å². The summed E-state index contributed by atoms with van der Waals surface area (Å²) < 4.78 is 83.2. The van der Waals surface area contributed by atoms with Gasteiger partial charge in [-0.15, -0.1) is 0 Å². The van der Waals surface area contributed by atoms with E-state index < -0.39 is 22.6 Å². The normalized spacial score (nSPS) is 14.7. The molecule has 10 nitrogen and oxygen atoms in total. The Balaban J connectivity index is 1.31. The number of nitrogens with two attached hydrogens (primary N) is 1. The van der Waals surface area contributed by atoms with Crippen LogP contribution in [0.1, 0.15) is 18.5 Å². The standard InChI is InChI=1S/C33H44F3N5O5S/c1-40-15-11-27(12-16-40)39-31-5-2-6-32-30(31)24-28(41(32)25-33(34,35)36)4-3-14-38-26-7-9-29(10-8-26)47(42,43)23-22-46-21-20-45-19-18-44-17-13-37/h2,5-10,24,27,38-39H,11-23,25,37H2,1H3. The Kier molecular flexibility index (Phi) is 13.8. The van der Waals surface area contributed by atoms with Gasteiger partial charge in [0.2, 0.25) is 0 Å². The van der Waals surface area contributed by atoms with Crippen LogP contribution in [-0.4, -0.2) is 109 Å². The van der Waals surface area contributed by atoms with Crippen LogP contribution < -0.4 is 16.4 Å². The van der Waals surface area contributed by atoms with Crippen LogP contribution in [0.4, 0.5) is 24.5 Å². The van der Waals surface area contributed by atoms with E-state index in [1.165, 1.54) is 16.7 Å². The van der Waals surface area contributed by atoms with E-state index in [-0.39, 0.29) is 42.1 Å². The molecule has 2 heterocycles. The highest BCUT2D eigenvalue weighted by molar-refractivity contribution is 7.91. The maximum absolute atomic E-state index is 13.6. The first-order chi connectivity index (χ1) is 22.6. The number of sulfone groups is 1. The van der Waals surface area contributed by atoms with Crippen molar-refractivity contribution in [2.45, 2.75) is 36.5 Å². The predicted octanol–water partition coefficient (Wildman–Crippen LogP) is 3.96. The molecule has 0 atom stereocenters. The zero-order valence-corrected chi connectivity index (χ0v) is 27.5. The van der Waals surface area contributed by atoms with Gasteiger partial charge in [-0.25, -0.2) is 8.42 Å². The van der Waals surface area contributed by atoms with Gasteiger partial charge in [-0.3, -0.25) is 0 Å². The van der Waals surface area contributed by atoms with Gasteiger partial charge in [0.15, 0.2) is 9.84 Å². The predicted molar refractivity (Wildman–Crippen MR) is 178 cm³/mol. The van der Waals surface area contributed by atoms with E-state index in [4.69, 9.17) is 19.9 Å². The number of anilines is 2. The summed E-state index contributed by atoms with van der Waals surface area (Å²) in [6, 6.07) is 13.5. The van der Waals surface area contributed by atoms with Crippen molar-refractivity contribution in [3.8, 4) is 11.8 Å². The number of nitrogens with zero attached hydrogens (tertiary/aromatic N) is 2. The minimum absolute atomic E-state index is 0.0335. The van der Waals surface area contributed by atoms with E-state index in [1.807, 2.05) is 6.07 Å². The van der Waals surface area contributed by atoms with Gasteiger partial charge in [0.05, 0.1) is 68.0 Å². The van der Waals surface area contributed by atoms with Gasteiger partial charge in [-0.1, -0.05) is 12.0 Å². The fraction of sp³-hybridized carbons (Fsp3) is 0.515. The number of fused-ring (bicyclic) bond motifs is 1. The lowest BCUT2D eigenvalue weighted by molar-refractivity contribution is -0.140. The molecule has 4 N–H and O–H groups in total. The number of nitrogens with one attached hydrogen (secondary N) is 2. The molecule has 0 unspecified atom stereocenters. The number of likely N-dealkylation sites (tertiary alicyclic amines) is 1. The largest absolute Gasteiger partial charge is 0.406 e. The minimum atomic E-state index is -4.42. The molecule has 0 saturated carbocycles. The second-order valence-corrected chi connectivity index (χ2v) is 13.4. The molecule has 1 fully saturated rings. The first kappa shape index (κ1) is 36.5. The van der Waals surface area contributed by atoms with Gasteiger partial charge in [-0.2, -0.15) is 13.2 Å². The van der Waals surface area contributed by atoms with Gasteiger partial charge in [0, 0.05) is 29.3 Å². The highest BCUT2D eigenvalue weighted by atomic mass is 32.2. The van der Waals surface area contributed by atoms with E-state index in [1.54, 1.807) is 30.3 Å². The van der Waals surface area contributed by atoms with Gasteiger partial charge in [-0.05, 0) is 81.4 Å². The fourth-order valence-electron chi connectivity index (χ4n) is 5.21. The maximum atomic E-state index is 13.6. The number of hydrogen-bond acceptors (Lipinski definition) is 9. The van der Waals surface area contributed by atoms with Gasteiger partial charge in [0.1, 0.15) is 6.54 Å². The molecule has 0 amide bonds. The Hall–Kier alpha value is -3.32. The third-order valence-corrected chi connectivity index (χ3v) is 9.37. The van der Waals surface area contributed by atoms with Crippen LogP contribution in [0.5, 0.6) is 0 Å². The molecular formula is C33H44F3N5O5S. The quantitative estimate of drug-likeness (QED) is 0.144. The van der Waals surface area contributed by atoms with Crippen LogP contribution in [0.15, 0.2) is 53.4 Å². The summed E-state index contributed by atoms with van der Waals surface area (Å²) >= 11 is 0. The number of rotatable bonds is 17. The smallest absolute Gasteiger partial charge is 0.382 e. The van der Waals surface area contributed by atoms with E-state index in [0.29, 0.717) is 49.6 Å². The molecule has 1 aromatic heterocycles. The fourth-order valence-corrected chi connectivity index (χ4v) is 6.33. The van der Waals surface area contributed by atoms with Gasteiger partial charge < -0.3 is 40.0 Å². The number of alkyl halides is 3. The van der Waals surface area contributed by atoms with E-state index in [9.17, 15) is 21.6 Å². The number of ether oxygens (including phenoxy) is 3. The van der Waals surface area contributed by atoms with E-state index >= 15 is 0 Å². The molecule has 1 aliphatic heterocycles. The molecule has 258 valence electrons. The number of hydrogen-bond donors (Lipinski definition) is 3. The highest BCUT2D eigenvalue weighted by Crippen LogP contribution is 2.31. The molecule has 0 spiro atoms. The van der Waals surface area contributed by atoms with Crippen molar-refractivity contribution in [2.75, 3.05) is 89.3 Å². The summed E-state index contributed by atoms with van der Waals surface area (Å²) in [7, 11) is -1.47. The summed E-state index contributed by atoms with van der Waals surface area (Å²) in [6.07, 6.45) is -2.50. The topological polar surface area (TPSA) is 120 Å². The van der Waals surface area contributed by atoms with E-state index in [2.05, 4.69) is 34.4 Å². The average Bonchev–Trinajstić information content (AvgIpc) is 3.38. The summed E-state index contributed by atoms with van der Waals surface area (Å²) in [5, 5.41) is 7.32. The third-order valence-electron chi connectivity index (χ3n) is 7.67.